The highest BCUT2D eigenvalue weighted by atomic mass is 16.3. The minimum absolute atomic E-state index is 0.0782. The van der Waals surface area contributed by atoms with Gasteiger partial charge in [0.2, 0.25) is 0 Å². The summed E-state index contributed by atoms with van der Waals surface area (Å²) >= 11 is 0. The fraction of sp³-hybridized carbons (Fsp3) is 0.350. The standard InChI is InChI=1S/C20H25NO2/c1-20(2,3)17-11-9-16(10-12-17)19(23)21-14-13-18(22)15-7-5-4-6-8-15/h4-12,18,22H,13-14H2,1-3H3,(H,21,23)/t18-/m0/s1. The molecule has 3 nitrogen and oxygen atoms in total. The van der Waals surface area contributed by atoms with Crippen molar-refractivity contribution in [3.8, 4) is 0 Å². The van der Waals surface area contributed by atoms with E-state index in [4.69, 9.17) is 0 Å². The van der Waals surface area contributed by atoms with E-state index in [0.717, 1.165) is 5.56 Å². The molecule has 0 bridgehead atoms. The van der Waals surface area contributed by atoms with Crippen LogP contribution in [-0.4, -0.2) is 17.6 Å². The van der Waals surface area contributed by atoms with Gasteiger partial charge in [-0.05, 0) is 35.1 Å². The third-order valence-corrected chi connectivity index (χ3v) is 3.90. The largest absolute Gasteiger partial charge is 0.388 e. The van der Waals surface area contributed by atoms with Crippen molar-refractivity contribution in [3.63, 3.8) is 0 Å². The number of carbonyl (C=O) groups excluding carboxylic acids is 1. The molecule has 122 valence electrons. The molecule has 0 unspecified atom stereocenters. The molecule has 0 heterocycles. The molecule has 1 atom stereocenters. The molecular formula is C20H25NO2. The highest BCUT2D eigenvalue weighted by molar-refractivity contribution is 5.94. The molecule has 3 heteroatoms. The predicted octanol–water partition coefficient (Wildman–Crippen LogP) is 3.84. The zero-order valence-corrected chi connectivity index (χ0v) is 14.0. The molecule has 2 rings (SSSR count). The van der Waals surface area contributed by atoms with E-state index in [9.17, 15) is 9.90 Å². The zero-order chi connectivity index (χ0) is 16.9. The molecule has 0 radical (unpaired) electrons. The van der Waals surface area contributed by atoms with E-state index in [0.29, 0.717) is 18.5 Å². The van der Waals surface area contributed by atoms with Crippen LogP contribution in [-0.2, 0) is 5.41 Å². The first-order valence-corrected chi connectivity index (χ1v) is 7.99. The van der Waals surface area contributed by atoms with Gasteiger partial charge in [-0.15, -0.1) is 0 Å². The number of rotatable bonds is 5. The van der Waals surface area contributed by atoms with E-state index in [1.54, 1.807) is 0 Å². The lowest BCUT2D eigenvalue weighted by Crippen LogP contribution is -2.25. The van der Waals surface area contributed by atoms with E-state index >= 15 is 0 Å². The maximum absolute atomic E-state index is 12.1. The quantitative estimate of drug-likeness (QED) is 0.881. The van der Waals surface area contributed by atoms with Crippen LogP contribution in [0, 0.1) is 0 Å². The summed E-state index contributed by atoms with van der Waals surface area (Å²) in [5, 5.41) is 12.9. The molecule has 23 heavy (non-hydrogen) atoms. The van der Waals surface area contributed by atoms with Gasteiger partial charge in [-0.2, -0.15) is 0 Å². The van der Waals surface area contributed by atoms with Crippen LogP contribution in [0.25, 0.3) is 0 Å². The lowest BCUT2D eigenvalue weighted by atomic mass is 9.87. The predicted molar refractivity (Wildman–Crippen MR) is 93.5 cm³/mol. The van der Waals surface area contributed by atoms with Gasteiger partial charge in [0.05, 0.1) is 6.10 Å². The summed E-state index contributed by atoms with van der Waals surface area (Å²) in [6.07, 6.45) is -0.0599. The van der Waals surface area contributed by atoms with Crippen molar-refractivity contribution in [2.75, 3.05) is 6.54 Å². The average molecular weight is 311 g/mol. The monoisotopic (exact) mass is 311 g/mol. The Labute approximate surface area is 138 Å². The summed E-state index contributed by atoms with van der Waals surface area (Å²) in [4.78, 5) is 12.1. The minimum Gasteiger partial charge on any atom is -0.388 e. The molecule has 2 aromatic carbocycles. The Kier molecular flexibility index (Phi) is 5.56. The first-order valence-electron chi connectivity index (χ1n) is 7.99. The Hall–Kier alpha value is -2.13. The van der Waals surface area contributed by atoms with E-state index in [2.05, 4.69) is 26.1 Å². The molecular weight excluding hydrogens is 286 g/mol. The summed E-state index contributed by atoms with van der Waals surface area (Å²) in [7, 11) is 0. The van der Waals surface area contributed by atoms with E-state index < -0.39 is 6.10 Å². The molecule has 0 aliphatic rings. The number of carbonyl (C=O) groups is 1. The highest BCUT2D eigenvalue weighted by Crippen LogP contribution is 2.22. The number of benzene rings is 2. The Balaban J connectivity index is 1.85. The van der Waals surface area contributed by atoms with E-state index in [1.807, 2.05) is 54.6 Å². The number of hydrogen-bond acceptors (Lipinski definition) is 2. The SMILES string of the molecule is CC(C)(C)c1ccc(C(=O)NCC[C@H](O)c2ccccc2)cc1. The average Bonchev–Trinajstić information content (AvgIpc) is 2.54. The van der Waals surface area contributed by atoms with Gasteiger partial charge in [0.15, 0.2) is 0 Å². The van der Waals surface area contributed by atoms with Crippen molar-refractivity contribution in [1.29, 1.82) is 0 Å². The number of aliphatic hydroxyl groups excluding tert-OH is 1. The van der Waals surface area contributed by atoms with Crippen LogP contribution in [0.5, 0.6) is 0 Å². The van der Waals surface area contributed by atoms with E-state index in [1.165, 1.54) is 5.56 Å². The van der Waals surface area contributed by atoms with Crippen molar-refractivity contribution < 1.29 is 9.90 Å². The van der Waals surface area contributed by atoms with Crippen LogP contribution >= 0.6 is 0 Å². The number of amides is 1. The second-order valence-electron chi connectivity index (χ2n) is 6.80. The second-order valence-corrected chi connectivity index (χ2v) is 6.80. The maximum atomic E-state index is 12.1. The van der Waals surface area contributed by atoms with Gasteiger partial charge in [-0.1, -0.05) is 63.2 Å². The van der Waals surface area contributed by atoms with Crippen LogP contribution in [0.1, 0.15) is 54.8 Å². The number of nitrogens with one attached hydrogen (secondary N) is 1. The summed E-state index contributed by atoms with van der Waals surface area (Å²) in [5.41, 5.74) is 2.80. The summed E-state index contributed by atoms with van der Waals surface area (Å²) in [5.74, 6) is -0.106. The first-order chi connectivity index (χ1) is 10.9. The molecule has 2 N–H and O–H groups in total. The fourth-order valence-corrected chi connectivity index (χ4v) is 2.39. The molecule has 0 aliphatic heterocycles. The summed E-state index contributed by atoms with van der Waals surface area (Å²) < 4.78 is 0. The Morgan fingerprint density at radius 3 is 2.22 bits per heavy atom. The van der Waals surface area contributed by atoms with Crippen LogP contribution in [0.15, 0.2) is 54.6 Å². The van der Waals surface area contributed by atoms with Crippen LogP contribution in [0.2, 0.25) is 0 Å². The van der Waals surface area contributed by atoms with Gasteiger partial charge >= 0.3 is 0 Å². The Morgan fingerprint density at radius 2 is 1.65 bits per heavy atom. The van der Waals surface area contributed by atoms with Crippen LogP contribution < -0.4 is 5.32 Å². The Morgan fingerprint density at radius 1 is 1.04 bits per heavy atom. The lowest BCUT2D eigenvalue weighted by molar-refractivity contribution is 0.0942. The fourth-order valence-electron chi connectivity index (χ4n) is 2.39. The summed E-state index contributed by atoms with van der Waals surface area (Å²) in [6.45, 7) is 6.88. The smallest absolute Gasteiger partial charge is 0.251 e. The van der Waals surface area contributed by atoms with Crippen molar-refractivity contribution in [2.45, 2.75) is 38.7 Å². The van der Waals surface area contributed by atoms with E-state index in [-0.39, 0.29) is 11.3 Å². The highest BCUT2D eigenvalue weighted by Gasteiger charge is 2.14. The van der Waals surface area contributed by atoms with Gasteiger partial charge in [-0.25, -0.2) is 0 Å². The van der Waals surface area contributed by atoms with Gasteiger partial charge in [0.25, 0.3) is 5.91 Å². The third-order valence-electron chi connectivity index (χ3n) is 3.90. The minimum atomic E-state index is -0.556. The molecule has 0 saturated carbocycles. The summed E-state index contributed by atoms with van der Waals surface area (Å²) in [6, 6.07) is 17.2. The molecule has 2 aromatic rings. The third kappa shape index (κ3) is 4.93. The second kappa shape index (κ2) is 7.42. The van der Waals surface area contributed by atoms with Crippen molar-refractivity contribution >= 4 is 5.91 Å². The number of aliphatic hydroxyl groups is 1. The lowest BCUT2D eigenvalue weighted by Gasteiger charge is -2.19. The number of hydrogen-bond donors (Lipinski definition) is 2. The maximum Gasteiger partial charge on any atom is 0.251 e. The topological polar surface area (TPSA) is 49.3 Å². The molecule has 0 saturated heterocycles. The van der Waals surface area contributed by atoms with Gasteiger partial charge in [0, 0.05) is 12.1 Å². The van der Waals surface area contributed by atoms with Gasteiger partial charge in [-0.3, -0.25) is 4.79 Å². The van der Waals surface area contributed by atoms with Crippen LogP contribution in [0.3, 0.4) is 0 Å². The molecule has 0 aliphatic carbocycles. The molecule has 0 aromatic heterocycles. The Bertz CT molecular complexity index is 627. The van der Waals surface area contributed by atoms with Crippen molar-refractivity contribution in [1.82, 2.24) is 5.32 Å². The normalized spacial score (nSPS) is 12.7. The van der Waals surface area contributed by atoms with Crippen molar-refractivity contribution in [3.05, 3.63) is 71.3 Å². The van der Waals surface area contributed by atoms with Crippen LogP contribution in [0.4, 0.5) is 0 Å². The first kappa shape index (κ1) is 17.2. The molecule has 0 spiro atoms. The zero-order valence-electron chi connectivity index (χ0n) is 14.0. The van der Waals surface area contributed by atoms with Crippen molar-refractivity contribution in [2.24, 2.45) is 0 Å². The van der Waals surface area contributed by atoms with Gasteiger partial charge < -0.3 is 10.4 Å². The molecule has 1 amide bonds. The molecule has 0 fully saturated rings. The van der Waals surface area contributed by atoms with Gasteiger partial charge in [0.1, 0.15) is 0 Å².